The van der Waals surface area contributed by atoms with Crippen LogP contribution in [0.5, 0.6) is 0 Å². The SMILES string of the molecule is Cc1nc2sc(C(C)(C)O)cn2c1C1CC[C@H](O)C(CC(C)(C)O)C1. The van der Waals surface area contributed by atoms with Crippen molar-refractivity contribution in [2.24, 2.45) is 5.92 Å². The van der Waals surface area contributed by atoms with Gasteiger partial charge in [-0.15, -0.1) is 0 Å². The Morgan fingerprint density at radius 2 is 1.92 bits per heavy atom. The van der Waals surface area contributed by atoms with Crippen molar-refractivity contribution in [1.29, 1.82) is 0 Å². The van der Waals surface area contributed by atoms with Crippen molar-refractivity contribution < 1.29 is 15.3 Å². The van der Waals surface area contributed by atoms with Gasteiger partial charge in [0.1, 0.15) is 0 Å². The molecule has 25 heavy (non-hydrogen) atoms. The summed E-state index contributed by atoms with van der Waals surface area (Å²) >= 11 is 1.53. The first kappa shape index (κ1) is 18.8. The molecule has 6 heteroatoms. The van der Waals surface area contributed by atoms with Crippen molar-refractivity contribution in [1.82, 2.24) is 9.38 Å². The summed E-state index contributed by atoms with van der Waals surface area (Å²) in [7, 11) is 0. The zero-order valence-corrected chi connectivity index (χ0v) is 16.6. The summed E-state index contributed by atoms with van der Waals surface area (Å²) in [6, 6.07) is 0. The van der Waals surface area contributed by atoms with E-state index in [0.717, 1.165) is 34.8 Å². The quantitative estimate of drug-likeness (QED) is 0.775. The molecular formula is C19H30N2O3S. The number of thiazole rings is 1. The molecule has 0 saturated heterocycles. The minimum atomic E-state index is -0.872. The highest BCUT2D eigenvalue weighted by Gasteiger charge is 2.35. The van der Waals surface area contributed by atoms with E-state index in [4.69, 9.17) is 4.98 Å². The number of fused-ring (bicyclic) bond motifs is 1. The minimum absolute atomic E-state index is 0.0936. The second-order valence-electron chi connectivity index (χ2n) is 8.74. The molecule has 2 unspecified atom stereocenters. The van der Waals surface area contributed by atoms with Gasteiger partial charge in [0, 0.05) is 17.8 Å². The molecule has 1 saturated carbocycles. The number of aliphatic hydroxyl groups is 3. The fourth-order valence-electron chi connectivity index (χ4n) is 4.10. The first-order valence-corrected chi connectivity index (χ1v) is 9.89. The zero-order valence-electron chi connectivity index (χ0n) is 15.8. The lowest BCUT2D eigenvalue weighted by molar-refractivity contribution is -0.00766. The molecule has 0 aliphatic heterocycles. The van der Waals surface area contributed by atoms with Crippen LogP contribution in [0.3, 0.4) is 0 Å². The number of rotatable bonds is 4. The fourth-order valence-corrected chi connectivity index (χ4v) is 5.14. The van der Waals surface area contributed by atoms with Crippen LogP contribution in [-0.4, -0.2) is 36.4 Å². The molecule has 140 valence electrons. The number of hydrogen-bond donors (Lipinski definition) is 3. The van der Waals surface area contributed by atoms with Crippen LogP contribution < -0.4 is 0 Å². The molecule has 1 aliphatic rings. The Morgan fingerprint density at radius 3 is 2.52 bits per heavy atom. The average Bonchev–Trinajstić information content (AvgIpc) is 2.96. The van der Waals surface area contributed by atoms with Gasteiger partial charge in [-0.2, -0.15) is 0 Å². The lowest BCUT2D eigenvalue weighted by atomic mass is 9.74. The summed E-state index contributed by atoms with van der Waals surface area (Å²) in [6.45, 7) is 9.23. The van der Waals surface area contributed by atoms with Crippen molar-refractivity contribution in [2.45, 2.75) is 83.5 Å². The molecule has 0 radical (unpaired) electrons. The summed E-state index contributed by atoms with van der Waals surface area (Å²) in [5.41, 5.74) is 0.570. The second kappa shape index (κ2) is 6.34. The smallest absolute Gasteiger partial charge is 0.194 e. The molecule has 2 heterocycles. The minimum Gasteiger partial charge on any atom is -0.393 e. The lowest BCUT2D eigenvalue weighted by Gasteiger charge is -2.36. The maximum atomic E-state index is 10.4. The Morgan fingerprint density at radius 1 is 1.24 bits per heavy atom. The highest BCUT2D eigenvalue weighted by molar-refractivity contribution is 7.17. The predicted octanol–water partition coefficient (Wildman–Crippen LogP) is 3.34. The summed E-state index contributed by atoms with van der Waals surface area (Å²) in [5.74, 6) is 0.408. The summed E-state index contributed by atoms with van der Waals surface area (Å²) in [4.78, 5) is 6.51. The van der Waals surface area contributed by atoms with E-state index in [1.54, 1.807) is 27.7 Å². The second-order valence-corrected chi connectivity index (χ2v) is 9.75. The summed E-state index contributed by atoms with van der Waals surface area (Å²) < 4.78 is 2.12. The van der Waals surface area contributed by atoms with Crippen LogP contribution in [0.15, 0.2) is 6.20 Å². The Labute approximate surface area is 153 Å². The van der Waals surface area contributed by atoms with Gasteiger partial charge in [0.25, 0.3) is 0 Å². The van der Waals surface area contributed by atoms with Crippen LogP contribution in [0.1, 0.15) is 75.6 Å². The van der Waals surface area contributed by atoms with Crippen LogP contribution in [0.2, 0.25) is 0 Å². The first-order chi connectivity index (χ1) is 11.5. The standard InChI is InChI=1S/C19H30N2O3S/c1-11-16(21-10-15(19(4,5)24)25-17(21)20-11)12-6-7-14(22)13(8-12)9-18(2,3)23/h10,12-14,22-24H,6-9H2,1-5H3/t12?,13?,14-/m0/s1. The van der Waals surface area contributed by atoms with E-state index in [9.17, 15) is 15.3 Å². The summed E-state index contributed by atoms with van der Waals surface area (Å²) in [5, 5.41) is 30.8. The molecule has 2 aromatic rings. The Balaban J connectivity index is 1.92. The number of hydrogen-bond acceptors (Lipinski definition) is 5. The van der Waals surface area contributed by atoms with Gasteiger partial charge in [-0.25, -0.2) is 4.98 Å². The van der Waals surface area contributed by atoms with Crippen LogP contribution in [0.25, 0.3) is 4.96 Å². The largest absolute Gasteiger partial charge is 0.393 e. The number of aliphatic hydroxyl groups excluding tert-OH is 1. The van der Waals surface area contributed by atoms with Gasteiger partial charge in [0.05, 0.1) is 27.9 Å². The molecular weight excluding hydrogens is 336 g/mol. The van der Waals surface area contributed by atoms with E-state index in [1.807, 2.05) is 13.1 Å². The van der Waals surface area contributed by atoms with E-state index in [1.165, 1.54) is 17.0 Å². The molecule has 0 amide bonds. The van der Waals surface area contributed by atoms with Crippen LogP contribution in [-0.2, 0) is 5.60 Å². The Kier molecular flexibility index (Phi) is 4.77. The van der Waals surface area contributed by atoms with E-state index < -0.39 is 11.2 Å². The van der Waals surface area contributed by atoms with Crippen molar-refractivity contribution in [3.63, 3.8) is 0 Å². The number of nitrogens with zero attached hydrogens (tertiary/aromatic N) is 2. The van der Waals surface area contributed by atoms with Crippen molar-refractivity contribution in [3.8, 4) is 0 Å². The number of aryl methyl sites for hydroxylation is 1. The van der Waals surface area contributed by atoms with Gasteiger partial charge in [-0.3, -0.25) is 4.40 Å². The highest BCUT2D eigenvalue weighted by atomic mass is 32.1. The number of aromatic nitrogens is 2. The molecule has 0 spiro atoms. The monoisotopic (exact) mass is 366 g/mol. The topological polar surface area (TPSA) is 78.0 Å². The predicted molar refractivity (Wildman–Crippen MR) is 100 cm³/mol. The molecule has 3 atom stereocenters. The third-order valence-corrected chi connectivity index (χ3v) is 6.54. The number of imidazole rings is 1. The van der Waals surface area contributed by atoms with Crippen LogP contribution in [0.4, 0.5) is 0 Å². The molecule has 3 rings (SSSR count). The Bertz CT molecular complexity index is 751. The van der Waals surface area contributed by atoms with Crippen molar-refractivity contribution >= 4 is 16.3 Å². The van der Waals surface area contributed by atoms with Gasteiger partial charge in [-0.1, -0.05) is 11.3 Å². The van der Waals surface area contributed by atoms with Gasteiger partial charge in [-0.05, 0) is 66.2 Å². The third-order valence-electron chi connectivity index (χ3n) is 5.24. The zero-order chi connectivity index (χ0) is 18.6. The summed E-state index contributed by atoms with van der Waals surface area (Å²) in [6.07, 6.45) is 4.79. The van der Waals surface area contributed by atoms with Gasteiger partial charge in [0.2, 0.25) is 0 Å². The molecule has 5 nitrogen and oxygen atoms in total. The van der Waals surface area contributed by atoms with Crippen molar-refractivity contribution in [3.05, 3.63) is 22.5 Å². The van der Waals surface area contributed by atoms with E-state index in [-0.39, 0.29) is 12.0 Å². The molecule has 2 aromatic heterocycles. The third kappa shape index (κ3) is 3.92. The molecule has 1 fully saturated rings. The molecule has 3 N–H and O–H groups in total. The maximum absolute atomic E-state index is 10.4. The Hall–Kier alpha value is -0.950. The van der Waals surface area contributed by atoms with Crippen LogP contribution in [0, 0.1) is 12.8 Å². The van der Waals surface area contributed by atoms with Gasteiger partial charge >= 0.3 is 0 Å². The highest BCUT2D eigenvalue weighted by Crippen LogP contribution is 2.42. The first-order valence-electron chi connectivity index (χ1n) is 9.07. The molecule has 0 aromatic carbocycles. The van der Waals surface area contributed by atoms with E-state index in [2.05, 4.69) is 4.40 Å². The van der Waals surface area contributed by atoms with Crippen molar-refractivity contribution in [2.75, 3.05) is 0 Å². The lowest BCUT2D eigenvalue weighted by Crippen LogP contribution is -2.34. The van der Waals surface area contributed by atoms with E-state index >= 15 is 0 Å². The molecule has 1 aliphatic carbocycles. The van der Waals surface area contributed by atoms with Gasteiger partial charge in [0.15, 0.2) is 4.96 Å². The van der Waals surface area contributed by atoms with Gasteiger partial charge < -0.3 is 15.3 Å². The van der Waals surface area contributed by atoms with E-state index in [0.29, 0.717) is 12.3 Å². The van der Waals surface area contributed by atoms with Crippen LogP contribution >= 0.6 is 11.3 Å². The average molecular weight is 367 g/mol. The fraction of sp³-hybridized carbons (Fsp3) is 0.737. The molecule has 0 bridgehead atoms. The normalized spacial score (nSPS) is 25.7. The maximum Gasteiger partial charge on any atom is 0.194 e.